The Bertz CT molecular complexity index is 895. The van der Waals surface area contributed by atoms with Gasteiger partial charge >= 0.3 is 5.97 Å². The number of esters is 1. The summed E-state index contributed by atoms with van der Waals surface area (Å²) in [7, 11) is 0. The van der Waals surface area contributed by atoms with Crippen LogP contribution < -0.4 is 0 Å². The highest BCUT2D eigenvalue weighted by Gasteiger charge is 2.77. The molecule has 0 radical (unpaired) electrons. The van der Waals surface area contributed by atoms with Gasteiger partial charge in [-0.25, -0.2) is 0 Å². The number of aliphatic hydroxyl groups is 1. The van der Waals surface area contributed by atoms with Gasteiger partial charge in [0.2, 0.25) is 11.8 Å². The molecule has 0 aromatic heterocycles. The number of hydrogen-bond acceptors (Lipinski definition) is 8. The Kier molecular flexibility index (Phi) is 9.04. The molecule has 4 aliphatic rings. The molecule has 0 aromatic carbocycles. The summed E-state index contributed by atoms with van der Waals surface area (Å²) >= 11 is 1.62. The number of carbonyl (C=O) groups excluding carboxylic acids is 3. The first-order valence-corrected chi connectivity index (χ1v) is 14.2. The first-order valence-electron chi connectivity index (χ1n) is 13.4. The SMILES string of the molecule is C=CCCCOC(=O)[C@H]1[C@H]2C(=O)N(CCO)C(C(=O)N(CC=C)CCN3CCOCC3)C23CC[C@]1(C)S3. The maximum atomic E-state index is 14.2. The molecule has 1 spiro atoms. The molecule has 0 saturated carbocycles. The summed E-state index contributed by atoms with van der Waals surface area (Å²) in [5.74, 6) is -1.94. The van der Waals surface area contributed by atoms with Gasteiger partial charge in [-0.15, -0.1) is 24.9 Å². The Labute approximate surface area is 224 Å². The molecule has 2 unspecified atom stereocenters. The van der Waals surface area contributed by atoms with Gasteiger partial charge < -0.3 is 24.4 Å². The maximum Gasteiger partial charge on any atom is 0.311 e. The fraction of sp³-hybridized carbons (Fsp3) is 0.741. The highest BCUT2D eigenvalue weighted by Crippen LogP contribution is 2.71. The largest absolute Gasteiger partial charge is 0.465 e. The third-order valence-corrected chi connectivity index (χ3v) is 10.3. The highest BCUT2D eigenvalue weighted by molar-refractivity contribution is 8.02. The molecular weight excluding hydrogens is 494 g/mol. The van der Waals surface area contributed by atoms with E-state index >= 15 is 0 Å². The number of morpholine rings is 1. The van der Waals surface area contributed by atoms with Crippen LogP contribution in [0.5, 0.6) is 0 Å². The zero-order chi connectivity index (χ0) is 26.6. The Hall–Kier alpha value is -1.88. The van der Waals surface area contributed by atoms with Crippen LogP contribution in [0.15, 0.2) is 25.3 Å². The number of carbonyl (C=O) groups is 3. The summed E-state index contributed by atoms with van der Waals surface area (Å²) in [6.07, 6.45) is 6.35. The highest BCUT2D eigenvalue weighted by atomic mass is 32.2. The van der Waals surface area contributed by atoms with Gasteiger partial charge in [-0.05, 0) is 32.6 Å². The Morgan fingerprint density at radius 2 is 2.00 bits per heavy atom. The molecular formula is C27H41N3O6S. The standard InChI is InChI=1S/C27H41N3O6S/c1-4-6-7-17-36-25(34)21-20-23(32)30(13-16-31)22(27(20)9-8-26(21,3)37-27)24(33)29(10-5-2)12-11-28-14-18-35-19-15-28/h4-5,20-22,31H,1-2,6-19H2,3H3/t20-,21+,22?,26-,27?/m0/s1. The van der Waals surface area contributed by atoms with E-state index in [1.54, 1.807) is 28.8 Å². The van der Waals surface area contributed by atoms with E-state index in [1.165, 1.54) is 4.90 Å². The predicted molar refractivity (Wildman–Crippen MR) is 142 cm³/mol. The fourth-order valence-corrected chi connectivity index (χ4v) is 8.95. The van der Waals surface area contributed by atoms with Gasteiger partial charge in [-0.1, -0.05) is 12.2 Å². The molecule has 10 heteroatoms. The van der Waals surface area contributed by atoms with Crippen molar-refractivity contribution in [3.05, 3.63) is 25.3 Å². The number of unbranched alkanes of at least 4 members (excludes halogenated alkanes) is 1. The van der Waals surface area contributed by atoms with Gasteiger partial charge in [0.05, 0.1) is 43.0 Å². The fourth-order valence-electron chi connectivity index (χ4n) is 6.61. The average Bonchev–Trinajstić information content (AvgIpc) is 3.46. The van der Waals surface area contributed by atoms with Gasteiger partial charge in [0.1, 0.15) is 6.04 Å². The molecule has 2 amide bonds. The second-order valence-electron chi connectivity index (χ2n) is 10.6. The van der Waals surface area contributed by atoms with E-state index < -0.39 is 27.4 Å². The molecule has 2 bridgehead atoms. The molecule has 0 aliphatic carbocycles. The zero-order valence-corrected chi connectivity index (χ0v) is 22.8. The Morgan fingerprint density at radius 3 is 2.68 bits per heavy atom. The molecule has 4 aliphatic heterocycles. The van der Waals surface area contributed by atoms with Crippen molar-refractivity contribution in [2.75, 3.05) is 65.7 Å². The number of nitrogens with zero attached hydrogens (tertiary/aromatic N) is 3. The number of β-amino-alcohol motifs (C(OH)–C–C–N with tert-alkyl or cyclic N) is 1. The van der Waals surface area contributed by atoms with Crippen LogP contribution in [0.2, 0.25) is 0 Å². The molecule has 9 nitrogen and oxygen atoms in total. The Balaban J connectivity index is 1.58. The minimum absolute atomic E-state index is 0.0667. The van der Waals surface area contributed by atoms with Gasteiger partial charge in [0.15, 0.2) is 0 Å². The van der Waals surface area contributed by atoms with Crippen molar-refractivity contribution in [1.29, 1.82) is 0 Å². The van der Waals surface area contributed by atoms with Crippen LogP contribution in [0.3, 0.4) is 0 Å². The van der Waals surface area contributed by atoms with Gasteiger partial charge in [0, 0.05) is 44.0 Å². The number of ether oxygens (including phenoxy) is 2. The lowest BCUT2D eigenvalue weighted by Crippen LogP contribution is -2.56. The monoisotopic (exact) mass is 535 g/mol. The van der Waals surface area contributed by atoms with Crippen molar-refractivity contribution in [3.63, 3.8) is 0 Å². The summed E-state index contributed by atoms with van der Waals surface area (Å²) in [5, 5.41) is 9.82. The van der Waals surface area contributed by atoms with Crippen molar-refractivity contribution in [1.82, 2.24) is 14.7 Å². The third kappa shape index (κ3) is 5.22. The van der Waals surface area contributed by atoms with Gasteiger partial charge in [0.25, 0.3) is 0 Å². The van der Waals surface area contributed by atoms with E-state index in [-0.39, 0.29) is 37.5 Å². The van der Waals surface area contributed by atoms with Crippen molar-refractivity contribution < 1.29 is 29.0 Å². The number of allylic oxidation sites excluding steroid dienone is 1. The molecule has 37 heavy (non-hydrogen) atoms. The van der Waals surface area contributed by atoms with Gasteiger partial charge in [-0.3, -0.25) is 19.3 Å². The van der Waals surface area contributed by atoms with Crippen LogP contribution in [0, 0.1) is 11.8 Å². The summed E-state index contributed by atoms with van der Waals surface area (Å²) in [5.41, 5.74) is 0. The van der Waals surface area contributed by atoms with Crippen molar-refractivity contribution in [2.24, 2.45) is 11.8 Å². The second-order valence-corrected chi connectivity index (χ2v) is 12.5. The summed E-state index contributed by atoms with van der Waals surface area (Å²) in [6, 6.07) is -0.729. The minimum Gasteiger partial charge on any atom is -0.465 e. The summed E-state index contributed by atoms with van der Waals surface area (Å²) in [6.45, 7) is 14.3. The smallest absolute Gasteiger partial charge is 0.311 e. The molecule has 4 fully saturated rings. The lowest BCUT2D eigenvalue weighted by atomic mass is 9.66. The lowest BCUT2D eigenvalue weighted by Gasteiger charge is -2.38. The maximum absolute atomic E-state index is 14.2. The molecule has 4 heterocycles. The van der Waals surface area contributed by atoms with Crippen molar-refractivity contribution in [3.8, 4) is 0 Å². The molecule has 5 atom stereocenters. The Morgan fingerprint density at radius 1 is 1.24 bits per heavy atom. The van der Waals surface area contributed by atoms with Crippen molar-refractivity contribution in [2.45, 2.75) is 48.1 Å². The second kappa shape index (κ2) is 11.9. The minimum atomic E-state index is -0.729. The van der Waals surface area contributed by atoms with E-state index in [1.807, 2.05) is 6.92 Å². The van der Waals surface area contributed by atoms with E-state index in [4.69, 9.17) is 9.47 Å². The van der Waals surface area contributed by atoms with Crippen LogP contribution in [-0.4, -0.2) is 119 Å². The van der Waals surface area contributed by atoms with Crippen LogP contribution in [-0.2, 0) is 23.9 Å². The predicted octanol–water partition coefficient (Wildman–Crippen LogP) is 1.32. The average molecular weight is 536 g/mol. The molecule has 0 aromatic rings. The van der Waals surface area contributed by atoms with E-state index in [9.17, 15) is 19.5 Å². The number of amides is 2. The molecule has 4 saturated heterocycles. The van der Waals surface area contributed by atoms with Crippen LogP contribution in [0.1, 0.15) is 32.6 Å². The number of likely N-dealkylation sites (tertiary alicyclic amines) is 1. The van der Waals surface area contributed by atoms with E-state index in [0.29, 0.717) is 45.7 Å². The van der Waals surface area contributed by atoms with Gasteiger partial charge in [-0.2, -0.15) is 0 Å². The van der Waals surface area contributed by atoms with Crippen LogP contribution in [0.4, 0.5) is 0 Å². The topological polar surface area (TPSA) is 99.6 Å². The van der Waals surface area contributed by atoms with E-state index in [2.05, 4.69) is 18.1 Å². The van der Waals surface area contributed by atoms with E-state index in [0.717, 1.165) is 25.9 Å². The first kappa shape index (κ1) is 28.1. The molecule has 4 rings (SSSR count). The number of rotatable bonds is 13. The van der Waals surface area contributed by atoms with Crippen LogP contribution >= 0.6 is 11.8 Å². The number of aliphatic hydroxyl groups excluding tert-OH is 1. The normalized spacial score (nSPS) is 32.9. The lowest BCUT2D eigenvalue weighted by molar-refractivity contribution is -0.155. The third-order valence-electron chi connectivity index (χ3n) is 8.35. The van der Waals surface area contributed by atoms with Crippen molar-refractivity contribution >= 4 is 29.5 Å². The zero-order valence-electron chi connectivity index (χ0n) is 21.9. The molecule has 1 N–H and O–H groups in total. The summed E-state index contributed by atoms with van der Waals surface area (Å²) in [4.78, 5) is 47.0. The number of hydrogen-bond donors (Lipinski definition) is 1. The molecule has 206 valence electrons. The number of thioether (sulfide) groups is 1. The quantitative estimate of drug-likeness (QED) is 0.214. The number of fused-ring (bicyclic) bond motifs is 1. The van der Waals surface area contributed by atoms with Crippen LogP contribution in [0.25, 0.3) is 0 Å². The first-order chi connectivity index (χ1) is 17.8. The summed E-state index contributed by atoms with van der Waals surface area (Å²) < 4.78 is 9.91.